The molecule has 5 nitrogen and oxygen atoms in total. The lowest BCUT2D eigenvalue weighted by atomic mass is 10.4. The number of aromatic nitrogens is 2. The number of nitrogens with zero attached hydrogens (tertiary/aromatic N) is 2. The van der Waals surface area contributed by atoms with E-state index in [1.165, 1.54) is 13.1 Å². The molecule has 1 aromatic rings. The normalized spacial score (nSPS) is 13.1. The number of hydrogen-bond donors (Lipinski definition) is 1. The zero-order valence-corrected chi connectivity index (χ0v) is 7.93. The lowest BCUT2D eigenvalue weighted by Gasteiger charge is -2.09. The van der Waals surface area contributed by atoms with E-state index in [2.05, 4.69) is 4.98 Å². The van der Waals surface area contributed by atoms with Crippen LogP contribution in [-0.4, -0.2) is 26.7 Å². The highest BCUT2D eigenvalue weighted by Crippen LogP contribution is 2.13. The molecular weight excluding hydrogens is 210 g/mol. The Morgan fingerprint density at radius 1 is 1.73 bits per heavy atom. The van der Waals surface area contributed by atoms with Gasteiger partial charge in [-0.05, 0) is 6.92 Å². The van der Waals surface area contributed by atoms with Crippen molar-refractivity contribution in [2.75, 3.05) is 0 Å². The highest BCUT2D eigenvalue weighted by molar-refractivity contribution is 5.71. The van der Waals surface area contributed by atoms with E-state index in [1.54, 1.807) is 0 Å². The zero-order valence-electron chi connectivity index (χ0n) is 7.93. The zero-order chi connectivity index (χ0) is 11.4. The summed E-state index contributed by atoms with van der Waals surface area (Å²) in [6.07, 6.45) is 1.26. The molecule has 1 aromatic heterocycles. The summed E-state index contributed by atoms with van der Waals surface area (Å²) in [4.78, 5) is 14.0. The minimum absolute atomic E-state index is 0.00176. The second-order valence-corrected chi connectivity index (χ2v) is 2.82. The minimum atomic E-state index is -2.70. The van der Waals surface area contributed by atoms with Crippen molar-refractivity contribution in [3.63, 3.8) is 0 Å². The second kappa shape index (κ2) is 4.83. The molecule has 0 aliphatic rings. The third-order valence-corrected chi connectivity index (χ3v) is 1.77. The van der Waals surface area contributed by atoms with E-state index in [0.717, 1.165) is 6.20 Å². The molecule has 0 fully saturated rings. The summed E-state index contributed by atoms with van der Waals surface area (Å²) >= 11 is 0. The van der Waals surface area contributed by atoms with Crippen LogP contribution in [0.25, 0.3) is 0 Å². The quantitative estimate of drug-likeness (QED) is 0.811. The number of imidazole rings is 1. The lowest BCUT2D eigenvalue weighted by molar-refractivity contribution is -0.150. The van der Waals surface area contributed by atoms with E-state index in [4.69, 9.17) is 9.84 Å². The van der Waals surface area contributed by atoms with Crippen molar-refractivity contribution in [2.45, 2.75) is 26.2 Å². The minimum Gasteiger partial charge on any atom is -0.479 e. The summed E-state index contributed by atoms with van der Waals surface area (Å²) in [6.45, 7) is -1.64. The van der Waals surface area contributed by atoms with Crippen molar-refractivity contribution in [1.82, 2.24) is 9.55 Å². The Morgan fingerprint density at radius 3 is 2.93 bits per heavy atom. The molecule has 1 rings (SSSR count). The van der Waals surface area contributed by atoms with Gasteiger partial charge in [0.05, 0.1) is 0 Å². The van der Waals surface area contributed by atoms with Crippen LogP contribution < -0.4 is 0 Å². The average Bonchev–Trinajstić information content (AvgIpc) is 2.61. The molecule has 0 amide bonds. The van der Waals surface area contributed by atoms with Gasteiger partial charge in [-0.3, -0.25) is 4.57 Å². The molecule has 0 aliphatic heterocycles. The third-order valence-electron chi connectivity index (χ3n) is 1.77. The van der Waals surface area contributed by atoms with E-state index >= 15 is 0 Å². The molecule has 1 heterocycles. The molecule has 0 spiro atoms. The van der Waals surface area contributed by atoms with Crippen molar-refractivity contribution in [3.8, 4) is 0 Å². The first kappa shape index (κ1) is 11.6. The smallest absolute Gasteiger partial charge is 0.332 e. The van der Waals surface area contributed by atoms with Crippen molar-refractivity contribution < 1.29 is 23.4 Å². The molecule has 0 aromatic carbocycles. The number of halogens is 2. The maximum absolute atomic E-state index is 12.3. The highest BCUT2D eigenvalue weighted by Gasteiger charge is 2.15. The summed E-state index contributed by atoms with van der Waals surface area (Å²) < 4.78 is 30.0. The number of aliphatic carboxylic acids is 1. The van der Waals surface area contributed by atoms with E-state index in [1.807, 2.05) is 0 Å². The molecule has 15 heavy (non-hydrogen) atoms. The van der Waals surface area contributed by atoms with Crippen LogP contribution in [-0.2, 0) is 16.1 Å². The van der Waals surface area contributed by atoms with Gasteiger partial charge in [-0.2, -0.15) is 8.78 Å². The van der Waals surface area contributed by atoms with Gasteiger partial charge >= 0.3 is 12.5 Å². The molecule has 1 N–H and O–H groups in total. The van der Waals surface area contributed by atoms with Gasteiger partial charge in [0.25, 0.3) is 0 Å². The predicted molar refractivity (Wildman–Crippen MR) is 45.4 cm³/mol. The number of carbonyl (C=O) groups is 1. The van der Waals surface area contributed by atoms with Gasteiger partial charge in [-0.25, -0.2) is 9.78 Å². The van der Waals surface area contributed by atoms with Crippen LogP contribution in [0.3, 0.4) is 0 Å². The van der Waals surface area contributed by atoms with Crippen molar-refractivity contribution in [1.29, 1.82) is 0 Å². The van der Waals surface area contributed by atoms with Gasteiger partial charge < -0.3 is 9.84 Å². The number of carboxylic acids is 1. The standard InChI is InChI=1S/C8H10F2N2O3/c1-5(7(13)14)15-4-6-11-2-3-12(6)8(9)10/h2-3,5,8H,4H2,1H3,(H,13,14)/t5-/m0/s1. The first-order valence-corrected chi connectivity index (χ1v) is 4.16. The second-order valence-electron chi connectivity index (χ2n) is 2.82. The van der Waals surface area contributed by atoms with Crippen LogP contribution in [0.5, 0.6) is 0 Å². The fourth-order valence-corrected chi connectivity index (χ4v) is 0.904. The van der Waals surface area contributed by atoms with Gasteiger partial charge in [0.1, 0.15) is 12.4 Å². The number of rotatable bonds is 5. The monoisotopic (exact) mass is 220 g/mol. The van der Waals surface area contributed by atoms with Gasteiger partial charge in [-0.15, -0.1) is 0 Å². The summed E-state index contributed by atoms with van der Waals surface area (Å²) in [5.74, 6) is -1.15. The number of hydrogen-bond acceptors (Lipinski definition) is 3. The first-order chi connectivity index (χ1) is 7.02. The number of carboxylic acid groups (broad SMARTS) is 1. The van der Waals surface area contributed by atoms with Crippen LogP contribution in [0, 0.1) is 0 Å². The third kappa shape index (κ3) is 2.98. The van der Waals surface area contributed by atoms with Gasteiger partial charge in [-0.1, -0.05) is 0 Å². The number of alkyl halides is 2. The van der Waals surface area contributed by atoms with Crippen LogP contribution in [0.15, 0.2) is 12.4 Å². The fraction of sp³-hybridized carbons (Fsp3) is 0.500. The fourth-order valence-electron chi connectivity index (χ4n) is 0.904. The maximum atomic E-state index is 12.3. The summed E-state index contributed by atoms with van der Waals surface area (Å²) in [7, 11) is 0. The molecule has 1 atom stereocenters. The Bertz CT molecular complexity index is 340. The van der Waals surface area contributed by atoms with Crippen molar-refractivity contribution in [3.05, 3.63) is 18.2 Å². The SMILES string of the molecule is C[C@H](OCc1nccn1C(F)F)C(=O)O. The Morgan fingerprint density at radius 2 is 2.40 bits per heavy atom. The summed E-state index contributed by atoms with van der Waals surface area (Å²) in [5.41, 5.74) is 0. The Balaban J connectivity index is 2.57. The summed E-state index contributed by atoms with van der Waals surface area (Å²) in [6, 6.07) is 0. The largest absolute Gasteiger partial charge is 0.479 e. The first-order valence-electron chi connectivity index (χ1n) is 4.16. The molecule has 0 saturated heterocycles. The van der Waals surface area contributed by atoms with E-state index in [-0.39, 0.29) is 12.4 Å². The molecule has 0 bridgehead atoms. The summed E-state index contributed by atoms with van der Waals surface area (Å²) in [5, 5.41) is 8.49. The van der Waals surface area contributed by atoms with Crippen LogP contribution in [0.4, 0.5) is 8.78 Å². The molecule has 0 unspecified atom stereocenters. The molecular formula is C8H10F2N2O3. The average molecular weight is 220 g/mol. The van der Waals surface area contributed by atoms with Crippen LogP contribution in [0.2, 0.25) is 0 Å². The van der Waals surface area contributed by atoms with Crippen molar-refractivity contribution >= 4 is 5.97 Å². The Labute approximate surface area is 84.3 Å². The Kier molecular flexibility index (Phi) is 3.73. The van der Waals surface area contributed by atoms with Crippen molar-refractivity contribution in [2.24, 2.45) is 0 Å². The van der Waals surface area contributed by atoms with Gasteiger partial charge in [0.15, 0.2) is 6.10 Å². The van der Waals surface area contributed by atoms with Crippen LogP contribution >= 0.6 is 0 Å². The molecule has 7 heteroatoms. The van der Waals surface area contributed by atoms with Gasteiger partial charge in [0, 0.05) is 12.4 Å². The molecule has 0 saturated carbocycles. The Hall–Kier alpha value is -1.50. The topological polar surface area (TPSA) is 64.4 Å². The molecule has 0 radical (unpaired) electrons. The highest BCUT2D eigenvalue weighted by atomic mass is 19.3. The lowest BCUT2D eigenvalue weighted by Crippen LogP contribution is -2.20. The maximum Gasteiger partial charge on any atom is 0.332 e. The van der Waals surface area contributed by atoms with E-state index in [0.29, 0.717) is 4.57 Å². The predicted octanol–water partition coefficient (Wildman–Crippen LogP) is 1.27. The number of ether oxygens (including phenoxy) is 1. The molecule has 0 aliphatic carbocycles. The van der Waals surface area contributed by atoms with Crippen LogP contribution in [0.1, 0.15) is 19.3 Å². The van der Waals surface area contributed by atoms with E-state index < -0.39 is 18.6 Å². The van der Waals surface area contributed by atoms with E-state index in [9.17, 15) is 13.6 Å². The van der Waals surface area contributed by atoms with Gasteiger partial charge in [0.2, 0.25) is 0 Å². The molecule has 84 valence electrons.